The number of hydrogen-bond donors (Lipinski definition) is 1. The normalized spacial score (nSPS) is 10.4. The van der Waals surface area contributed by atoms with Gasteiger partial charge in [-0.2, -0.15) is 0 Å². The molecule has 0 fully saturated rings. The third-order valence-corrected chi connectivity index (χ3v) is 3.39. The van der Waals surface area contributed by atoms with Crippen molar-refractivity contribution in [1.29, 1.82) is 0 Å². The van der Waals surface area contributed by atoms with E-state index >= 15 is 0 Å². The number of para-hydroxylation sites is 1. The van der Waals surface area contributed by atoms with E-state index in [0.717, 1.165) is 11.1 Å². The smallest absolute Gasteiger partial charge is 0.147 e. The zero-order chi connectivity index (χ0) is 13.1. The van der Waals surface area contributed by atoms with Gasteiger partial charge in [-0.15, -0.1) is 0 Å². The minimum Gasteiger partial charge on any atom is -0.377 e. The molecule has 0 aliphatic heterocycles. The van der Waals surface area contributed by atoms with Crippen molar-refractivity contribution in [1.82, 2.24) is 0 Å². The van der Waals surface area contributed by atoms with Crippen LogP contribution in [0.25, 0.3) is 0 Å². The fourth-order valence-corrected chi connectivity index (χ4v) is 2.04. The summed E-state index contributed by atoms with van der Waals surface area (Å²) >= 11 is 12.0. The molecule has 0 unspecified atom stereocenters. The molecule has 0 bridgehead atoms. The van der Waals surface area contributed by atoms with Crippen LogP contribution in [0.4, 0.5) is 10.1 Å². The highest BCUT2D eigenvalue weighted by molar-refractivity contribution is 6.33. The van der Waals surface area contributed by atoms with Gasteiger partial charge in [-0.25, -0.2) is 4.39 Å². The fraction of sp³-hybridized carbons (Fsp3) is 0.143. The van der Waals surface area contributed by atoms with Crippen LogP contribution in [0.1, 0.15) is 11.1 Å². The quantitative estimate of drug-likeness (QED) is 0.831. The number of nitrogens with one attached hydrogen (secondary N) is 1. The van der Waals surface area contributed by atoms with Gasteiger partial charge in [0.25, 0.3) is 0 Å². The molecule has 0 radical (unpaired) electrons. The predicted molar refractivity (Wildman–Crippen MR) is 74.9 cm³/mol. The van der Waals surface area contributed by atoms with Crippen LogP contribution in [0.2, 0.25) is 10.0 Å². The standard InChI is InChI=1S/C14H12Cl2FN/c1-9-5-6-10(7-12(9)16)8-18-14-11(15)3-2-4-13(14)17/h2-7,18H,8H2,1H3. The molecule has 18 heavy (non-hydrogen) atoms. The summed E-state index contributed by atoms with van der Waals surface area (Å²) in [7, 11) is 0. The molecule has 0 aromatic heterocycles. The van der Waals surface area contributed by atoms with Crippen LogP contribution >= 0.6 is 23.2 Å². The molecule has 0 saturated heterocycles. The van der Waals surface area contributed by atoms with Crippen LogP contribution in [-0.4, -0.2) is 0 Å². The van der Waals surface area contributed by atoms with E-state index < -0.39 is 0 Å². The lowest BCUT2D eigenvalue weighted by Gasteiger charge is -2.10. The summed E-state index contributed by atoms with van der Waals surface area (Å²) in [6.45, 7) is 2.41. The molecule has 0 heterocycles. The SMILES string of the molecule is Cc1ccc(CNc2c(F)cccc2Cl)cc1Cl. The molecule has 0 aliphatic rings. The van der Waals surface area contributed by atoms with Gasteiger partial charge in [-0.1, -0.05) is 41.4 Å². The van der Waals surface area contributed by atoms with Gasteiger partial charge in [0.05, 0.1) is 10.7 Å². The number of halogens is 3. The average molecular weight is 284 g/mol. The van der Waals surface area contributed by atoms with Gasteiger partial charge in [-0.05, 0) is 36.2 Å². The van der Waals surface area contributed by atoms with Crippen molar-refractivity contribution in [3.8, 4) is 0 Å². The van der Waals surface area contributed by atoms with Crippen LogP contribution < -0.4 is 5.32 Å². The maximum Gasteiger partial charge on any atom is 0.147 e. The number of rotatable bonds is 3. The maximum atomic E-state index is 13.5. The van der Waals surface area contributed by atoms with E-state index in [1.165, 1.54) is 6.07 Å². The first-order valence-electron chi connectivity index (χ1n) is 5.51. The molecule has 4 heteroatoms. The molecule has 0 aliphatic carbocycles. The second-order valence-electron chi connectivity index (χ2n) is 4.03. The van der Waals surface area contributed by atoms with Gasteiger partial charge in [0.15, 0.2) is 0 Å². The Morgan fingerprint density at radius 1 is 1.11 bits per heavy atom. The largest absolute Gasteiger partial charge is 0.377 e. The van der Waals surface area contributed by atoms with Gasteiger partial charge in [0, 0.05) is 11.6 Å². The van der Waals surface area contributed by atoms with E-state index in [1.54, 1.807) is 12.1 Å². The van der Waals surface area contributed by atoms with Gasteiger partial charge in [-0.3, -0.25) is 0 Å². The highest BCUT2D eigenvalue weighted by atomic mass is 35.5. The maximum absolute atomic E-state index is 13.5. The van der Waals surface area contributed by atoms with Gasteiger partial charge in [0.2, 0.25) is 0 Å². The molecule has 94 valence electrons. The summed E-state index contributed by atoms with van der Waals surface area (Å²) in [4.78, 5) is 0. The summed E-state index contributed by atoms with van der Waals surface area (Å²) in [5.74, 6) is -0.360. The minimum atomic E-state index is -0.360. The van der Waals surface area contributed by atoms with Crippen molar-refractivity contribution in [2.45, 2.75) is 13.5 Å². The zero-order valence-corrected chi connectivity index (χ0v) is 11.3. The Kier molecular flexibility index (Phi) is 4.10. The molecule has 2 rings (SSSR count). The third-order valence-electron chi connectivity index (χ3n) is 2.67. The van der Waals surface area contributed by atoms with Crippen LogP contribution in [0.3, 0.4) is 0 Å². The Bertz CT molecular complexity index is 549. The number of hydrogen-bond acceptors (Lipinski definition) is 1. The first kappa shape index (κ1) is 13.2. The molecular formula is C14H12Cl2FN. The molecule has 0 saturated carbocycles. The first-order valence-corrected chi connectivity index (χ1v) is 6.26. The summed E-state index contributed by atoms with van der Waals surface area (Å²) < 4.78 is 13.5. The molecule has 0 atom stereocenters. The summed E-state index contributed by atoms with van der Waals surface area (Å²) in [5, 5.41) is 4.05. The van der Waals surface area contributed by atoms with E-state index in [-0.39, 0.29) is 5.82 Å². The Morgan fingerprint density at radius 3 is 2.56 bits per heavy atom. The highest BCUT2D eigenvalue weighted by Gasteiger charge is 2.06. The van der Waals surface area contributed by atoms with Crippen molar-refractivity contribution in [3.05, 3.63) is 63.4 Å². The van der Waals surface area contributed by atoms with Gasteiger partial charge in [0.1, 0.15) is 5.82 Å². The van der Waals surface area contributed by atoms with E-state index in [2.05, 4.69) is 5.32 Å². The summed E-state index contributed by atoms with van der Waals surface area (Å²) in [5.41, 5.74) is 2.31. The number of aryl methyl sites for hydroxylation is 1. The van der Waals surface area contributed by atoms with Crippen LogP contribution in [0, 0.1) is 12.7 Å². The number of benzene rings is 2. The number of anilines is 1. The second-order valence-corrected chi connectivity index (χ2v) is 4.85. The first-order chi connectivity index (χ1) is 8.58. The second kappa shape index (κ2) is 5.59. The molecule has 1 nitrogen and oxygen atoms in total. The molecular weight excluding hydrogens is 272 g/mol. The Morgan fingerprint density at radius 2 is 1.89 bits per heavy atom. The Balaban J connectivity index is 2.14. The van der Waals surface area contributed by atoms with Crippen molar-refractivity contribution in [2.24, 2.45) is 0 Å². The van der Waals surface area contributed by atoms with Crippen LogP contribution in [0.15, 0.2) is 36.4 Å². The topological polar surface area (TPSA) is 12.0 Å². The molecule has 0 spiro atoms. The van der Waals surface area contributed by atoms with E-state index in [1.807, 2.05) is 25.1 Å². The van der Waals surface area contributed by atoms with Crippen LogP contribution in [0.5, 0.6) is 0 Å². The molecule has 2 aromatic carbocycles. The Hall–Kier alpha value is -1.25. The fourth-order valence-electron chi connectivity index (χ4n) is 1.60. The van der Waals surface area contributed by atoms with Gasteiger partial charge >= 0.3 is 0 Å². The van der Waals surface area contributed by atoms with Crippen LogP contribution in [-0.2, 0) is 6.54 Å². The predicted octanol–water partition coefficient (Wildman–Crippen LogP) is 5.05. The van der Waals surface area contributed by atoms with E-state index in [4.69, 9.17) is 23.2 Å². The monoisotopic (exact) mass is 283 g/mol. The van der Waals surface area contributed by atoms with E-state index in [0.29, 0.717) is 22.3 Å². The summed E-state index contributed by atoms with van der Waals surface area (Å²) in [6.07, 6.45) is 0. The lowest BCUT2D eigenvalue weighted by atomic mass is 10.1. The highest BCUT2D eigenvalue weighted by Crippen LogP contribution is 2.25. The zero-order valence-electron chi connectivity index (χ0n) is 9.81. The lowest BCUT2D eigenvalue weighted by molar-refractivity contribution is 0.630. The minimum absolute atomic E-state index is 0.316. The third kappa shape index (κ3) is 2.95. The lowest BCUT2D eigenvalue weighted by Crippen LogP contribution is -2.02. The Labute approximate surface area is 116 Å². The molecule has 0 amide bonds. The molecule has 1 N–H and O–H groups in total. The van der Waals surface area contributed by atoms with Crippen molar-refractivity contribution in [2.75, 3.05) is 5.32 Å². The molecule has 2 aromatic rings. The van der Waals surface area contributed by atoms with E-state index in [9.17, 15) is 4.39 Å². The average Bonchev–Trinajstić information content (AvgIpc) is 2.33. The van der Waals surface area contributed by atoms with Crippen molar-refractivity contribution < 1.29 is 4.39 Å². The van der Waals surface area contributed by atoms with Crippen molar-refractivity contribution in [3.63, 3.8) is 0 Å². The van der Waals surface area contributed by atoms with Gasteiger partial charge < -0.3 is 5.32 Å². The summed E-state index contributed by atoms with van der Waals surface area (Å²) in [6, 6.07) is 10.3. The van der Waals surface area contributed by atoms with Crippen molar-refractivity contribution >= 4 is 28.9 Å².